The van der Waals surface area contributed by atoms with Crippen molar-refractivity contribution in [1.82, 2.24) is 0 Å². The van der Waals surface area contributed by atoms with E-state index in [1.807, 2.05) is 0 Å². The molecule has 0 rings (SSSR count). The lowest BCUT2D eigenvalue weighted by atomic mass is 10.2. The van der Waals surface area contributed by atoms with Gasteiger partial charge in [-0.25, -0.2) is 4.74 Å². The fourth-order valence-corrected chi connectivity index (χ4v) is 0.899. The third kappa shape index (κ3) is 4.50. The highest BCUT2D eigenvalue weighted by atomic mass is 19.4. The summed E-state index contributed by atoms with van der Waals surface area (Å²) in [5.74, 6) is -15.5. The molecular formula is C7F16O2. The molecule has 0 aromatic heterocycles. The van der Waals surface area contributed by atoms with Crippen molar-refractivity contribution in [3.05, 3.63) is 0 Å². The summed E-state index contributed by atoms with van der Waals surface area (Å²) < 4.78 is 197. The van der Waals surface area contributed by atoms with Gasteiger partial charge in [-0.15, -0.1) is 13.2 Å². The van der Waals surface area contributed by atoms with Crippen LogP contribution in [0.5, 0.6) is 0 Å². The molecule has 0 amide bonds. The molecule has 0 aromatic rings. The Morgan fingerprint density at radius 1 is 0.400 bits per heavy atom. The Morgan fingerprint density at radius 2 is 0.760 bits per heavy atom. The van der Waals surface area contributed by atoms with Gasteiger partial charge in [0.15, 0.2) is 0 Å². The van der Waals surface area contributed by atoms with Gasteiger partial charge in [0.1, 0.15) is 0 Å². The van der Waals surface area contributed by atoms with E-state index in [4.69, 9.17) is 0 Å². The predicted octanol–water partition coefficient (Wildman–Crippen LogP) is 5.15. The molecule has 0 aromatic carbocycles. The van der Waals surface area contributed by atoms with Crippen LogP contribution in [0.3, 0.4) is 0 Å². The van der Waals surface area contributed by atoms with Crippen molar-refractivity contribution in [3.63, 3.8) is 0 Å². The van der Waals surface area contributed by atoms with E-state index >= 15 is 0 Å². The first-order chi connectivity index (χ1) is 10.4. The van der Waals surface area contributed by atoms with Gasteiger partial charge in [-0.05, 0) is 0 Å². The molecule has 0 N–H and O–H groups in total. The van der Waals surface area contributed by atoms with Gasteiger partial charge in [0.2, 0.25) is 0 Å². The Balaban J connectivity index is 6.20. The molecule has 0 spiro atoms. The third-order valence-electron chi connectivity index (χ3n) is 1.97. The minimum absolute atomic E-state index is 1.22. The van der Waals surface area contributed by atoms with Crippen LogP contribution in [0.15, 0.2) is 0 Å². The first-order valence-corrected chi connectivity index (χ1v) is 4.84. The molecule has 2 nitrogen and oxygen atoms in total. The largest absolute Gasteiger partial charge is 0.527 e. The molecule has 0 saturated heterocycles. The van der Waals surface area contributed by atoms with Crippen molar-refractivity contribution in [3.8, 4) is 0 Å². The lowest BCUT2D eigenvalue weighted by Gasteiger charge is -2.38. The fourth-order valence-electron chi connectivity index (χ4n) is 0.899. The number of hydrogen-bond acceptors (Lipinski definition) is 2. The van der Waals surface area contributed by atoms with Crippen LogP contribution in [0.1, 0.15) is 0 Å². The van der Waals surface area contributed by atoms with Gasteiger partial charge in [0, 0.05) is 0 Å². The van der Waals surface area contributed by atoms with Gasteiger partial charge in [-0.2, -0.15) is 57.1 Å². The van der Waals surface area contributed by atoms with Gasteiger partial charge in [0.25, 0.3) is 0 Å². The van der Waals surface area contributed by atoms with Crippen LogP contribution in [-0.4, -0.2) is 42.7 Å². The predicted molar refractivity (Wildman–Crippen MR) is 39.0 cm³/mol. The van der Waals surface area contributed by atoms with Crippen LogP contribution in [0, 0.1) is 0 Å². The number of ether oxygens (including phenoxy) is 2. The number of hydrogen-bond donors (Lipinski definition) is 0. The minimum atomic E-state index is -7.76. The summed E-state index contributed by atoms with van der Waals surface area (Å²) in [5.41, 5.74) is 0. The third-order valence-corrected chi connectivity index (χ3v) is 1.97. The molecule has 0 aliphatic heterocycles. The molecule has 0 radical (unpaired) electrons. The van der Waals surface area contributed by atoms with Crippen molar-refractivity contribution in [1.29, 1.82) is 0 Å². The highest BCUT2D eigenvalue weighted by molar-refractivity contribution is 4.93. The maximum Gasteiger partial charge on any atom is 0.527 e. The lowest BCUT2D eigenvalue weighted by molar-refractivity contribution is -0.558. The van der Waals surface area contributed by atoms with Gasteiger partial charge in [-0.1, -0.05) is 0 Å². The SMILES string of the molecule is FC(F)(F)OC(F)(F)C(F)(OC(F)(F)C(F)(F)C(F)(F)F)C(F)(F)F. The molecule has 0 aliphatic rings. The maximum atomic E-state index is 13.1. The fraction of sp³-hybridized carbons (Fsp3) is 1.00. The Bertz CT molecular complexity index is 470. The van der Waals surface area contributed by atoms with E-state index in [2.05, 4.69) is 0 Å². The van der Waals surface area contributed by atoms with Crippen LogP contribution < -0.4 is 0 Å². The molecule has 0 heterocycles. The van der Waals surface area contributed by atoms with E-state index in [9.17, 15) is 70.2 Å². The van der Waals surface area contributed by atoms with E-state index in [0.29, 0.717) is 0 Å². The molecular weight excluding hydrogens is 420 g/mol. The zero-order chi connectivity index (χ0) is 20.9. The summed E-state index contributed by atoms with van der Waals surface area (Å²) in [6.07, 6.45) is -37.3. The first-order valence-electron chi connectivity index (χ1n) is 4.84. The first kappa shape index (κ1) is 23.8. The summed E-state index contributed by atoms with van der Waals surface area (Å²) in [6, 6.07) is 0. The van der Waals surface area contributed by atoms with Gasteiger partial charge >= 0.3 is 42.7 Å². The van der Waals surface area contributed by atoms with Crippen LogP contribution in [-0.2, 0) is 9.47 Å². The zero-order valence-corrected chi connectivity index (χ0v) is 10.4. The molecule has 18 heteroatoms. The second kappa shape index (κ2) is 5.92. The number of halogens is 16. The van der Waals surface area contributed by atoms with E-state index in [1.54, 1.807) is 0 Å². The van der Waals surface area contributed by atoms with E-state index < -0.39 is 42.7 Å². The van der Waals surface area contributed by atoms with E-state index in [0.717, 1.165) is 0 Å². The second-order valence-corrected chi connectivity index (χ2v) is 3.85. The lowest BCUT2D eigenvalue weighted by Crippen LogP contribution is -2.66. The van der Waals surface area contributed by atoms with Crippen LogP contribution in [0.25, 0.3) is 0 Å². The topological polar surface area (TPSA) is 18.5 Å². The molecule has 152 valence electrons. The number of alkyl halides is 16. The van der Waals surface area contributed by atoms with Crippen molar-refractivity contribution in [2.75, 3.05) is 0 Å². The van der Waals surface area contributed by atoms with Crippen molar-refractivity contribution in [2.24, 2.45) is 0 Å². The minimum Gasteiger partial charge on any atom is -0.262 e. The van der Waals surface area contributed by atoms with Crippen LogP contribution >= 0.6 is 0 Å². The molecule has 1 unspecified atom stereocenters. The summed E-state index contributed by atoms with van der Waals surface area (Å²) in [7, 11) is 0. The Labute approximate surface area is 124 Å². The van der Waals surface area contributed by atoms with Crippen molar-refractivity contribution < 1.29 is 79.7 Å². The average molecular weight is 420 g/mol. The van der Waals surface area contributed by atoms with Gasteiger partial charge in [-0.3, -0.25) is 4.74 Å². The smallest absolute Gasteiger partial charge is 0.262 e. The average Bonchev–Trinajstić information content (AvgIpc) is 2.20. The Kier molecular flexibility index (Phi) is 5.63. The highest BCUT2D eigenvalue weighted by Gasteiger charge is 2.84. The standard InChI is InChI=1S/C7F16O2/c8-1(9,3(11,12)13)5(17,18)24-2(10,4(14,15)16)6(19,20)25-7(21,22)23. The number of rotatable bonds is 5. The second-order valence-electron chi connectivity index (χ2n) is 3.85. The molecule has 0 saturated carbocycles. The summed E-state index contributed by atoms with van der Waals surface area (Å²) >= 11 is 0. The molecule has 0 fully saturated rings. The Hall–Kier alpha value is -1.20. The molecule has 25 heavy (non-hydrogen) atoms. The molecule has 0 aliphatic carbocycles. The summed E-state index contributed by atoms with van der Waals surface area (Å²) in [5, 5.41) is 0. The molecule has 0 bridgehead atoms. The summed E-state index contributed by atoms with van der Waals surface area (Å²) in [6.45, 7) is 0. The Morgan fingerprint density at radius 3 is 1.00 bits per heavy atom. The molecule has 1 atom stereocenters. The summed E-state index contributed by atoms with van der Waals surface area (Å²) in [4.78, 5) is 0. The van der Waals surface area contributed by atoms with Crippen LogP contribution in [0.4, 0.5) is 70.2 Å². The van der Waals surface area contributed by atoms with Crippen molar-refractivity contribution >= 4 is 0 Å². The maximum absolute atomic E-state index is 13.1. The van der Waals surface area contributed by atoms with Gasteiger partial charge in [0.05, 0.1) is 0 Å². The van der Waals surface area contributed by atoms with E-state index in [1.165, 1.54) is 9.47 Å². The normalized spacial score (nSPS) is 18.2. The zero-order valence-electron chi connectivity index (χ0n) is 10.4. The van der Waals surface area contributed by atoms with Crippen molar-refractivity contribution in [2.45, 2.75) is 42.7 Å². The monoisotopic (exact) mass is 420 g/mol. The van der Waals surface area contributed by atoms with Crippen LogP contribution in [0.2, 0.25) is 0 Å². The van der Waals surface area contributed by atoms with Gasteiger partial charge < -0.3 is 0 Å². The highest BCUT2D eigenvalue weighted by Crippen LogP contribution is 2.55. The quantitative estimate of drug-likeness (QED) is 0.573. The van der Waals surface area contributed by atoms with E-state index in [-0.39, 0.29) is 0 Å².